The van der Waals surface area contributed by atoms with Gasteiger partial charge in [0, 0.05) is 88.7 Å². The Morgan fingerprint density at radius 3 is 0.500 bits per heavy atom. The van der Waals surface area contributed by atoms with Gasteiger partial charge in [0.15, 0.2) is 0 Å². The molecule has 5 aromatic carbocycles. The van der Waals surface area contributed by atoms with Gasteiger partial charge < -0.3 is 47.4 Å². The van der Waals surface area contributed by atoms with Crippen molar-refractivity contribution in [1.82, 2.24) is 0 Å². The molecule has 10 bridgehead atoms. The van der Waals surface area contributed by atoms with Crippen LogP contribution in [0.5, 0.6) is 57.5 Å². The number of ether oxygens (including phenoxy) is 10. The molecule has 0 atom stereocenters. The normalized spacial score (nSPS) is 16.1. The van der Waals surface area contributed by atoms with Gasteiger partial charge in [0.1, 0.15) is 57.5 Å². The Kier molecular flexibility index (Phi) is 10.1. The summed E-state index contributed by atoms with van der Waals surface area (Å²) < 4.78 is 64.6. The lowest BCUT2D eigenvalue weighted by molar-refractivity contribution is 0.0977. The standard InChI is InChI=1S/C45H40O10S5/c56-11-31-36-21-1-22-7-24-3-26-9-28-5-30-10-29-4-27-8-25-2-23(6-21)38(48-16-46-36)32(12-57)40(25)50-18-52-42(27)34(14-59)44(29)54-20-55-45(30)35(15-60)43(28)53-19-51-41(26)33(13-58)39(24)49-17-47-37(22)31/h1-5,56-60H,6-20H2. The highest BCUT2D eigenvalue weighted by molar-refractivity contribution is 7.80. The van der Waals surface area contributed by atoms with E-state index in [0.29, 0.717) is 118 Å². The van der Waals surface area contributed by atoms with Crippen LogP contribution in [-0.4, -0.2) is 34.0 Å². The Balaban J connectivity index is 1.21. The van der Waals surface area contributed by atoms with Gasteiger partial charge in [-0.3, -0.25) is 0 Å². The fourth-order valence-corrected chi connectivity index (χ4v) is 11.2. The van der Waals surface area contributed by atoms with Crippen LogP contribution in [0.25, 0.3) is 0 Å². The summed E-state index contributed by atoms with van der Waals surface area (Å²) in [6.07, 6.45) is 2.60. The van der Waals surface area contributed by atoms with Crippen molar-refractivity contribution in [2.75, 3.05) is 34.0 Å². The first-order valence-electron chi connectivity index (χ1n) is 19.7. The van der Waals surface area contributed by atoms with Gasteiger partial charge in [-0.25, -0.2) is 0 Å². The summed E-state index contributed by atoms with van der Waals surface area (Å²) in [4.78, 5) is 0. The van der Waals surface area contributed by atoms with Crippen molar-refractivity contribution in [3.63, 3.8) is 0 Å². The zero-order chi connectivity index (χ0) is 40.6. The fourth-order valence-electron chi connectivity index (χ4n) is 9.75. The minimum Gasteiger partial charge on any atom is -0.457 e. The summed E-state index contributed by atoms with van der Waals surface area (Å²) in [5.41, 5.74) is 14.2. The van der Waals surface area contributed by atoms with E-state index in [9.17, 15) is 0 Å². The molecule has 5 aliphatic heterocycles. The van der Waals surface area contributed by atoms with Crippen molar-refractivity contribution >= 4 is 63.1 Å². The van der Waals surface area contributed by atoms with Crippen LogP contribution in [0, 0.1) is 0 Å². The average molecular weight is 901 g/mol. The monoisotopic (exact) mass is 900 g/mol. The minimum atomic E-state index is -0.0286. The van der Waals surface area contributed by atoms with E-state index in [2.05, 4.69) is 30.3 Å². The van der Waals surface area contributed by atoms with Crippen LogP contribution in [0.15, 0.2) is 30.3 Å². The second-order valence-electron chi connectivity index (χ2n) is 15.4. The zero-order valence-electron chi connectivity index (χ0n) is 32.3. The van der Waals surface area contributed by atoms with E-state index in [1.165, 1.54) is 0 Å². The lowest BCUT2D eigenvalue weighted by Crippen LogP contribution is -2.21. The molecule has 0 amide bonds. The highest BCUT2D eigenvalue weighted by Gasteiger charge is 2.33. The third kappa shape index (κ3) is 6.19. The van der Waals surface area contributed by atoms with Crippen molar-refractivity contribution < 1.29 is 47.4 Å². The lowest BCUT2D eigenvalue weighted by atomic mass is 9.87. The first-order chi connectivity index (χ1) is 29.5. The molecule has 5 heterocycles. The highest BCUT2D eigenvalue weighted by Crippen LogP contribution is 2.51. The molecule has 0 aromatic heterocycles. The van der Waals surface area contributed by atoms with E-state index in [-0.39, 0.29) is 34.0 Å². The van der Waals surface area contributed by atoms with Gasteiger partial charge in [-0.1, -0.05) is 0 Å². The van der Waals surface area contributed by atoms with Gasteiger partial charge in [-0.15, -0.1) is 0 Å². The number of rotatable bonds is 5. The number of thiol groups is 5. The van der Waals surface area contributed by atoms with Crippen molar-refractivity contribution in [1.29, 1.82) is 0 Å². The summed E-state index contributed by atoms with van der Waals surface area (Å²) in [5.74, 6) is 8.85. The Morgan fingerprint density at radius 2 is 0.383 bits per heavy atom. The predicted molar refractivity (Wildman–Crippen MR) is 240 cm³/mol. The van der Waals surface area contributed by atoms with Crippen LogP contribution >= 0.6 is 63.1 Å². The molecular formula is C45H40O10S5. The van der Waals surface area contributed by atoms with Crippen molar-refractivity contribution in [2.24, 2.45) is 0 Å². The van der Waals surface area contributed by atoms with Crippen molar-refractivity contribution in [3.8, 4) is 57.5 Å². The molecule has 10 nitrogen and oxygen atoms in total. The molecule has 0 saturated carbocycles. The summed E-state index contributed by atoms with van der Waals surface area (Å²) in [7, 11) is 0. The third-order valence-corrected chi connectivity index (χ3v) is 13.7. The quantitative estimate of drug-likeness (QED) is 0.108. The fraction of sp³-hybridized carbons (Fsp3) is 0.333. The summed E-state index contributed by atoms with van der Waals surface area (Å²) in [6, 6.07) is 11.0. The molecule has 1 aliphatic carbocycles. The molecule has 0 unspecified atom stereocenters. The van der Waals surface area contributed by atoms with Crippen molar-refractivity contribution in [2.45, 2.75) is 60.9 Å². The first-order valence-corrected chi connectivity index (χ1v) is 22.9. The van der Waals surface area contributed by atoms with Crippen LogP contribution in [0.3, 0.4) is 0 Å². The van der Waals surface area contributed by atoms with E-state index in [1.54, 1.807) is 0 Å². The molecule has 6 aliphatic rings. The smallest absolute Gasteiger partial charge is 0.230 e. The van der Waals surface area contributed by atoms with Crippen LogP contribution in [0.2, 0.25) is 0 Å². The molecule has 0 spiro atoms. The van der Waals surface area contributed by atoms with E-state index in [4.69, 9.17) is 111 Å². The van der Waals surface area contributed by atoms with E-state index < -0.39 is 0 Å². The highest BCUT2D eigenvalue weighted by atomic mass is 32.1. The van der Waals surface area contributed by atoms with E-state index >= 15 is 0 Å². The van der Waals surface area contributed by atoms with E-state index in [1.807, 2.05) is 0 Å². The zero-order valence-corrected chi connectivity index (χ0v) is 36.8. The van der Waals surface area contributed by atoms with Gasteiger partial charge >= 0.3 is 0 Å². The molecule has 5 aromatic rings. The minimum absolute atomic E-state index is 0.0286. The van der Waals surface area contributed by atoms with Crippen LogP contribution < -0.4 is 47.4 Å². The maximum atomic E-state index is 6.46. The Bertz CT molecular complexity index is 2070. The van der Waals surface area contributed by atoms with Crippen LogP contribution in [-0.2, 0) is 60.9 Å². The Hall–Kier alpha value is -4.15. The topological polar surface area (TPSA) is 92.3 Å². The van der Waals surface area contributed by atoms with Crippen LogP contribution in [0.1, 0.15) is 83.5 Å². The molecule has 60 heavy (non-hydrogen) atoms. The maximum absolute atomic E-state index is 6.46. The van der Waals surface area contributed by atoms with Crippen LogP contribution in [0.4, 0.5) is 0 Å². The molecule has 0 fully saturated rings. The van der Waals surface area contributed by atoms with E-state index in [0.717, 1.165) is 83.5 Å². The van der Waals surface area contributed by atoms with Crippen molar-refractivity contribution in [3.05, 3.63) is 114 Å². The summed E-state index contributed by atoms with van der Waals surface area (Å²) >= 11 is 24.1. The molecule has 11 rings (SSSR count). The summed E-state index contributed by atoms with van der Waals surface area (Å²) in [5, 5.41) is 0. The largest absolute Gasteiger partial charge is 0.457 e. The summed E-state index contributed by atoms with van der Waals surface area (Å²) in [6.45, 7) is -0.143. The maximum Gasteiger partial charge on any atom is 0.230 e. The van der Waals surface area contributed by atoms with Gasteiger partial charge in [0.2, 0.25) is 34.0 Å². The average Bonchev–Trinajstić information content (AvgIpc) is 3.21. The number of hydrogen-bond donors (Lipinski definition) is 5. The number of benzene rings is 5. The van der Waals surface area contributed by atoms with Gasteiger partial charge in [0.05, 0.1) is 0 Å². The molecule has 0 saturated heterocycles. The van der Waals surface area contributed by atoms with Gasteiger partial charge in [-0.05, 0) is 86.0 Å². The lowest BCUT2D eigenvalue weighted by Gasteiger charge is -2.31. The predicted octanol–water partition coefficient (Wildman–Crippen LogP) is 8.75. The molecule has 0 N–H and O–H groups in total. The molecular weight excluding hydrogens is 861 g/mol. The first kappa shape index (κ1) is 38.7. The molecule has 310 valence electrons. The Labute approximate surface area is 374 Å². The third-order valence-electron chi connectivity index (χ3n) is 12.1. The van der Waals surface area contributed by atoms with Gasteiger partial charge in [-0.2, -0.15) is 63.1 Å². The van der Waals surface area contributed by atoms with Gasteiger partial charge in [0.25, 0.3) is 0 Å². The number of hydrogen-bond acceptors (Lipinski definition) is 15. The Morgan fingerprint density at radius 1 is 0.250 bits per heavy atom. The molecule has 15 heteroatoms. The second-order valence-corrected chi connectivity index (χ2v) is 16.9. The molecule has 0 radical (unpaired) electrons. The second kappa shape index (κ2) is 15.6. The SMILES string of the molecule is SCc1c2c3cc4c1OCOc1c(cc5c(c1CS)OCOc1c(cc6c(c1CS)OCOc1c(cc7c(c1CS)OCOc1c(cc(c(c1CS)OCO2)C3)C7)C6)C5)C4.